The molecule has 0 fully saturated rings. The third-order valence-corrected chi connectivity index (χ3v) is 2.86. The zero-order chi connectivity index (χ0) is 13.4. The summed E-state index contributed by atoms with van der Waals surface area (Å²) in [4.78, 5) is 11.8. The summed E-state index contributed by atoms with van der Waals surface area (Å²) in [7, 11) is 0. The van der Waals surface area contributed by atoms with E-state index in [-0.39, 0.29) is 11.7 Å². The van der Waals surface area contributed by atoms with Gasteiger partial charge in [0.25, 0.3) is 5.91 Å². The molecule has 0 radical (unpaired) electrons. The largest absolute Gasteiger partial charge is 0.352 e. The quantitative estimate of drug-likeness (QED) is 0.732. The first-order valence-corrected chi connectivity index (χ1v) is 6.39. The van der Waals surface area contributed by atoms with Crippen LogP contribution in [-0.2, 0) is 0 Å². The van der Waals surface area contributed by atoms with Crippen LogP contribution < -0.4 is 11.1 Å². The number of nitrogens with two attached hydrogens (primary N) is 1. The summed E-state index contributed by atoms with van der Waals surface area (Å²) in [5.41, 5.74) is 6.60. The highest BCUT2D eigenvalue weighted by molar-refractivity contribution is 5.95. The minimum absolute atomic E-state index is 0.203. The molecule has 0 saturated heterocycles. The number of hydrogen-bond donors (Lipinski definition) is 2. The second-order valence-electron chi connectivity index (χ2n) is 4.42. The molecular formula is C14H21FN2O. The Morgan fingerprint density at radius 1 is 1.28 bits per heavy atom. The summed E-state index contributed by atoms with van der Waals surface area (Å²) in [6.07, 6.45) is 4.10. The van der Waals surface area contributed by atoms with E-state index in [0.717, 1.165) is 37.8 Å². The summed E-state index contributed by atoms with van der Waals surface area (Å²) in [6, 6.07) is 4.25. The van der Waals surface area contributed by atoms with Crippen molar-refractivity contribution in [3.8, 4) is 0 Å². The third kappa shape index (κ3) is 4.84. The van der Waals surface area contributed by atoms with Crippen molar-refractivity contribution in [2.24, 2.45) is 5.73 Å². The van der Waals surface area contributed by atoms with Crippen LogP contribution in [0.4, 0.5) is 4.39 Å². The van der Waals surface area contributed by atoms with Gasteiger partial charge in [-0.1, -0.05) is 18.9 Å². The molecule has 0 atom stereocenters. The van der Waals surface area contributed by atoms with E-state index < -0.39 is 0 Å². The molecule has 1 rings (SSSR count). The number of benzene rings is 1. The number of aryl methyl sites for hydroxylation is 1. The summed E-state index contributed by atoms with van der Waals surface area (Å²) >= 11 is 0. The Morgan fingerprint density at radius 2 is 2.00 bits per heavy atom. The highest BCUT2D eigenvalue weighted by Gasteiger charge is 2.09. The van der Waals surface area contributed by atoms with Gasteiger partial charge in [-0.2, -0.15) is 0 Å². The van der Waals surface area contributed by atoms with Crippen LogP contribution in [-0.4, -0.2) is 19.0 Å². The predicted molar refractivity (Wildman–Crippen MR) is 71.0 cm³/mol. The first-order valence-electron chi connectivity index (χ1n) is 6.39. The maximum Gasteiger partial charge on any atom is 0.251 e. The van der Waals surface area contributed by atoms with E-state index in [0.29, 0.717) is 12.1 Å². The van der Waals surface area contributed by atoms with E-state index in [2.05, 4.69) is 5.32 Å². The molecule has 0 aromatic heterocycles. The molecule has 1 aromatic carbocycles. The lowest BCUT2D eigenvalue weighted by Crippen LogP contribution is -2.25. The van der Waals surface area contributed by atoms with Gasteiger partial charge in [0.2, 0.25) is 0 Å². The molecule has 3 nitrogen and oxygen atoms in total. The zero-order valence-electron chi connectivity index (χ0n) is 10.8. The van der Waals surface area contributed by atoms with Crippen molar-refractivity contribution < 1.29 is 9.18 Å². The number of unbranched alkanes of at least 4 members (excludes halogenated alkanes) is 3. The average Bonchev–Trinajstić information content (AvgIpc) is 2.36. The van der Waals surface area contributed by atoms with Crippen molar-refractivity contribution in [2.45, 2.75) is 32.6 Å². The first kappa shape index (κ1) is 14.6. The number of carbonyl (C=O) groups excluding carboxylic acids is 1. The average molecular weight is 252 g/mol. The summed E-state index contributed by atoms with van der Waals surface area (Å²) < 4.78 is 13.0. The van der Waals surface area contributed by atoms with Gasteiger partial charge >= 0.3 is 0 Å². The lowest BCUT2D eigenvalue weighted by molar-refractivity contribution is 0.0952. The van der Waals surface area contributed by atoms with E-state index in [1.165, 1.54) is 12.1 Å². The Morgan fingerprint density at radius 3 is 2.72 bits per heavy atom. The maximum absolute atomic E-state index is 13.0. The van der Waals surface area contributed by atoms with Gasteiger partial charge in [-0.15, -0.1) is 0 Å². The standard InChI is InChI=1S/C14H21FN2O/c1-11-6-7-12(15)10-13(11)14(18)17-9-5-3-2-4-8-16/h6-7,10H,2-5,8-9,16H2,1H3,(H,17,18). The van der Waals surface area contributed by atoms with Crippen LogP contribution in [0.2, 0.25) is 0 Å². The van der Waals surface area contributed by atoms with Gasteiger partial charge in [0.1, 0.15) is 5.82 Å². The molecule has 1 amide bonds. The van der Waals surface area contributed by atoms with Gasteiger partial charge in [-0.05, 0) is 44.0 Å². The van der Waals surface area contributed by atoms with Gasteiger partial charge in [0, 0.05) is 12.1 Å². The molecule has 0 aliphatic rings. The Labute approximate surface area is 108 Å². The van der Waals surface area contributed by atoms with Crippen molar-refractivity contribution in [1.82, 2.24) is 5.32 Å². The van der Waals surface area contributed by atoms with E-state index in [1.54, 1.807) is 13.0 Å². The summed E-state index contributed by atoms with van der Waals surface area (Å²) in [5.74, 6) is -0.584. The molecule has 0 bridgehead atoms. The van der Waals surface area contributed by atoms with E-state index in [1.807, 2.05) is 0 Å². The van der Waals surface area contributed by atoms with Crippen LogP contribution in [0.25, 0.3) is 0 Å². The van der Waals surface area contributed by atoms with Gasteiger partial charge in [0.15, 0.2) is 0 Å². The SMILES string of the molecule is Cc1ccc(F)cc1C(=O)NCCCCCCN. The normalized spacial score (nSPS) is 10.4. The second-order valence-corrected chi connectivity index (χ2v) is 4.42. The van der Waals surface area contributed by atoms with Gasteiger partial charge in [-0.3, -0.25) is 4.79 Å². The highest BCUT2D eigenvalue weighted by atomic mass is 19.1. The Bertz CT molecular complexity index is 393. The minimum Gasteiger partial charge on any atom is -0.352 e. The monoisotopic (exact) mass is 252 g/mol. The summed E-state index contributed by atoms with van der Waals surface area (Å²) in [6.45, 7) is 3.14. The van der Waals surface area contributed by atoms with Gasteiger partial charge in [-0.25, -0.2) is 4.39 Å². The van der Waals surface area contributed by atoms with Crippen LogP contribution in [0.5, 0.6) is 0 Å². The van der Waals surface area contributed by atoms with Crippen molar-refractivity contribution in [2.75, 3.05) is 13.1 Å². The second kappa shape index (κ2) is 7.82. The summed E-state index contributed by atoms with van der Waals surface area (Å²) in [5, 5.41) is 2.81. The van der Waals surface area contributed by atoms with Crippen molar-refractivity contribution >= 4 is 5.91 Å². The Kier molecular flexibility index (Phi) is 6.36. The van der Waals surface area contributed by atoms with Crippen LogP contribution in [0.3, 0.4) is 0 Å². The lowest BCUT2D eigenvalue weighted by atomic mass is 10.1. The molecule has 1 aromatic rings. The van der Waals surface area contributed by atoms with Crippen LogP contribution >= 0.6 is 0 Å². The number of hydrogen-bond acceptors (Lipinski definition) is 2. The lowest BCUT2D eigenvalue weighted by Gasteiger charge is -2.07. The molecule has 0 aliphatic carbocycles. The molecule has 0 aliphatic heterocycles. The van der Waals surface area contributed by atoms with Crippen molar-refractivity contribution in [3.05, 3.63) is 35.1 Å². The molecule has 0 saturated carbocycles. The smallest absolute Gasteiger partial charge is 0.251 e. The molecular weight excluding hydrogens is 231 g/mol. The molecule has 0 heterocycles. The molecule has 3 N–H and O–H groups in total. The fraction of sp³-hybridized carbons (Fsp3) is 0.500. The van der Waals surface area contributed by atoms with Crippen molar-refractivity contribution in [3.63, 3.8) is 0 Å². The number of amides is 1. The topological polar surface area (TPSA) is 55.1 Å². The minimum atomic E-state index is -0.381. The van der Waals surface area contributed by atoms with Crippen LogP contribution in [0.15, 0.2) is 18.2 Å². The molecule has 18 heavy (non-hydrogen) atoms. The molecule has 0 unspecified atom stereocenters. The van der Waals surface area contributed by atoms with E-state index in [9.17, 15) is 9.18 Å². The zero-order valence-corrected chi connectivity index (χ0v) is 10.8. The third-order valence-electron chi connectivity index (χ3n) is 2.86. The predicted octanol–water partition coefficient (Wildman–Crippen LogP) is 2.38. The van der Waals surface area contributed by atoms with Crippen molar-refractivity contribution in [1.29, 1.82) is 0 Å². The number of nitrogens with one attached hydrogen (secondary N) is 1. The van der Waals surface area contributed by atoms with Gasteiger partial charge < -0.3 is 11.1 Å². The van der Waals surface area contributed by atoms with Crippen LogP contribution in [0.1, 0.15) is 41.6 Å². The van der Waals surface area contributed by atoms with Gasteiger partial charge in [0.05, 0.1) is 0 Å². The fourth-order valence-corrected chi connectivity index (χ4v) is 1.76. The Balaban J connectivity index is 2.34. The van der Waals surface area contributed by atoms with Crippen LogP contribution in [0, 0.1) is 12.7 Å². The number of carbonyl (C=O) groups is 1. The molecule has 0 spiro atoms. The first-order chi connectivity index (χ1) is 8.65. The molecule has 4 heteroatoms. The van der Waals surface area contributed by atoms with E-state index in [4.69, 9.17) is 5.73 Å². The Hall–Kier alpha value is -1.42. The fourth-order valence-electron chi connectivity index (χ4n) is 1.76. The highest BCUT2D eigenvalue weighted by Crippen LogP contribution is 2.10. The number of rotatable bonds is 7. The molecule has 100 valence electrons. The maximum atomic E-state index is 13.0. The number of halogens is 1. The van der Waals surface area contributed by atoms with E-state index >= 15 is 0 Å².